The van der Waals surface area contributed by atoms with Crippen LogP contribution in [0.4, 0.5) is 10.5 Å². The second-order valence-electron chi connectivity index (χ2n) is 7.89. The average molecular weight is 389 g/mol. The Morgan fingerprint density at radius 2 is 1.79 bits per heavy atom. The number of carboxylic acid groups (broad SMARTS) is 1. The van der Waals surface area contributed by atoms with E-state index in [4.69, 9.17) is 5.11 Å². The quantitative estimate of drug-likeness (QED) is 0.749. The van der Waals surface area contributed by atoms with Crippen molar-refractivity contribution in [2.45, 2.75) is 50.7 Å². The maximum Gasteiger partial charge on any atom is 0.317 e. The summed E-state index contributed by atoms with van der Waals surface area (Å²) in [6, 6.07) is 11.3. The zero-order valence-corrected chi connectivity index (χ0v) is 16.9. The zero-order valence-electron chi connectivity index (χ0n) is 16.9. The third-order valence-electron chi connectivity index (χ3n) is 6.16. The van der Waals surface area contributed by atoms with E-state index in [-0.39, 0.29) is 24.7 Å². The van der Waals surface area contributed by atoms with Gasteiger partial charge in [-0.2, -0.15) is 0 Å². The predicted octanol–water partition coefficient (Wildman–Crippen LogP) is 2.23. The lowest BCUT2D eigenvalue weighted by Gasteiger charge is -2.43. The lowest BCUT2D eigenvalue weighted by Crippen LogP contribution is -2.58. The Morgan fingerprint density at radius 3 is 2.36 bits per heavy atom. The molecular formula is C21H32N4O3. The minimum Gasteiger partial charge on any atom is -0.480 e. The summed E-state index contributed by atoms with van der Waals surface area (Å²) in [5, 5.41) is 12.1. The summed E-state index contributed by atoms with van der Waals surface area (Å²) in [7, 11) is 2.13. The van der Waals surface area contributed by atoms with Gasteiger partial charge in [0.2, 0.25) is 0 Å². The largest absolute Gasteiger partial charge is 0.480 e. The van der Waals surface area contributed by atoms with Gasteiger partial charge in [0.25, 0.3) is 0 Å². The topological polar surface area (TPSA) is 76.1 Å². The predicted molar refractivity (Wildman–Crippen MR) is 110 cm³/mol. The molecule has 1 aliphatic carbocycles. The molecular weight excluding hydrogens is 356 g/mol. The Bertz CT molecular complexity index is 655. The molecule has 1 aliphatic heterocycles. The number of hydrogen-bond acceptors (Lipinski definition) is 4. The van der Waals surface area contributed by atoms with E-state index in [0.29, 0.717) is 6.04 Å². The average Bonchev–Trinajstić information content (AvgIpc) is 2.68. The number of likely N-dealkylation sites (N-methyl/N-ethyl adjacent to an activating group) is 1. The number of para-hydroxylation sites is 1. The van der Waals surface area contributed by atoms with Crippen molar-refractivity contribution in [2.75, 3.05) is 38.1 Å². The Hall–Kier alpha value is -2.28. The molecule has 0 spiro atoms. The van der Waals surface area contributed by atoms with E-state index >= 15 is 0 Å². The van der Waals surface area contributed by atoms with Crippen molar-refractivity contribution in [3.8, 4) is 0 Å². The highest BCUT2D eigenvalue weighted by atomic mass is 16.4. The molecule has 0 bridgehead atoms. The van der Waals surface area contributed by atoms with Crippen LogP contribution in [0, 0.1) is 0 Å². The van der Waals surface area contributed by atoms with E-state index < -0.39 is 5.97 Å². The monoisotopic (exact) mass is 388 g/mol. The van der Waals surface area contributed by atoms with Gasteiger partial charge >= 0.3 is 12.0 Å². The Labute approximate surface area is 167 Å². The first-order valence-electron chi connectivity index (χ1n) is 10.3. The zero-order chi connectivity index (χ0) is 20.1. The molecule has 2 amide bonds. The number of nitrogens with one attached hydrogen (secondary N) is 1. The van der Waals surface area contributed by atoms with Gasteiger partial charge in [0, 0.05) is 44.0 Å². The van der Waals surface area contributed by atoms with Crippen LogP contribution in [-0.2, 0) is 4.79 Å². The maximum absolute atomic E-state index is 12.6. The number of carbonyl (C=O) groups is 2. The molecule has 0 unspecified atom stereocenters. The van der Waals surface area contributed by atoms with Crippen LogP contribution < -0.4 is 10.2 Å². The standard InChI is InChI=1S/C21H32N4O3/c1-3-24(15-20(26)27)19-13-16(14-19)22-21(28)25-11-9-18(10-12-25)23(2)17-7-5-4-6-8-17/h4-8,16,18-19H,3,9-15H2,1-2H3,(H,22,28)(H,26,27). The minimum absolute atomic E-state index is 0.0190. The fraction of sp³-hybridized carbons (Fsp3) is 0.619. The summed E-state index contributed by atoms with van der Waals surface area (Å²) >= 11 is 0. The van der Waals surface area contributed by atoms with Gasteiger partial charge in [-0.3, -0.25) is 9.69 Å². The molecule has 1 heterocycles. The third-order valence-corrected chi connectivity index (χ3v) is 6.16. The molecule has 28 heavy (non-hydrogen) atoms. The number of piperidine rings is 1. The van der Waals surface area contributed by atoms with E-state index in [1.807, 2.05) is 22.8 Å². The van der Waals surface area contributed by atoms with Crippen LogP contribution in [-0.4, -0.2) is 78.3 Å². The molecule has 0 aromatic heterocycles. The van der Waals surface area contributed by atoms with Crippen LogP contribution in [0.3, 0.4) is 0 Å². The molecule has 7 nitrogen and oxygen atoms in total. The first-order valence-corrected chi connectivity index (χ1v) is 10.3. The number of urea groups is 1. The van der Waals surface area contributed by atoms with E-state index in [9.17, 15) is 9.59 Å². The lowest BCUT2D eigenvalue weighted by molar-refractivity contribution is -0.139. The molecule has 2 N–H and O–H groups in total. The van der Waals surface area contributed by atoms with Crippen molar-refractivity contribution in [3.05, 3.63) is 30.3 Å². The second-order valence-corrected chi connectivity index (χ2v) is 7.89. The number of amides is 2. The fourth-order valence-electron chi connectivity index (χ4n) is 4.27. The molecule has 1 saturated heterocycles. The van der Waals surface area contributed by atoms with E-state index in [1.54, 1.807) is 0 Å². The second kappa shape index (κ2) is 9.28. The third kappa shape index (κ3) is 4.95. The first kappa shape index (κ1) is 20.5. The number of benzene rings is 1. The summed E-state index contributed by atoms with van der Waals surface area (Å²) in [5.41, 5.74) is 1.22. The van der Waals surface area contributed by atoms with Crippen molar-refractivity contribution < 1.29 is 14.7 Å². The highest BCUT2D eigenvalue weighted by Crippen LogP contribution is 2.26. The summed E-state index contributed by atoms with van der Waals surface area (Å²) in [5.74, 6) is -0.794. The summed E-state index contributed by atoms with van der Waals surface area (Å²) in [4.78, 5) is 29.7. The van der Waals surface area contributed by atoms with Gasteiger partial charge in [-0.05, 0) is 44.4 Å². The van der Waals surface area contributed by atoms with Crippen LogP contribution in [0.5, 0.6) is 0 Å². The van der Waals surface area contributed by atoms with Crippen molar-refractivity contribution in [2.24, 2.45) is 0 Å². The highest BCUT2D eigenvalue weighted by molar-refractivity contribution is 5.75. The Balaban J connectivity index is 1.40. The molecule has 154 valence electrons. The SMILES string of the molecule is CCN(CC(=O)O)C1CC(NC(=O)N2CCC(N(C)c3ccccc3)CC2)C1. The number of aliphatic carboxylic acids is 1. The van der Waals surface area contributed by atoms with Crippen LogP contribution in [0.25, 0.3) is 0 Å². The van der Waals surface area contributed by atoms with Crippen molar-refractivity contribution >= 4 is 17.7 Å². The van der Waals surface area contributed by atoms with E-state index in [2.05, 4.69) is 41.5 Å². The van der Waals surface area contributed by atoms with E-state index in [1.165, 1.54) is 5.69 Å². The summed E-state index contributed by atoms with van der Waals surface area (Å²) in [6.07, 6.45) is 3.60. The Kier molecular flexibility index (Phi) is 6.78. The van der Waals surface area contributed by atoms with Crippen LogP contribution in [0.1, 0.15) is 32.6 Å². The number of carboxylic acids is 1. The number of rotatable bonds is 7. The highest BCUT2D eigenvalue weighted by Gasteiger charge is 2.36. The number of carbonyl (C=O) groups excluding carboxylic acids is 1. The molecule has 1 aromatic rings. The van der Waals surface area contributed by atoms with Crippen molar-refractivity contribution in [1.29, 1.82) is 0 Å². The normalized spacial score (nSPS) is 22.6. The molecule has 7 heteroatoms. The minimum atomic E-state index is -0.794. The fourth-order valence-corrected chi connectivity index (χ4v) is 4.27. The smallest absolute Gasteiger partial charge is 0.317 e. The number of nitrogens with zero attached hydrogens (tertiary/aromatic N) is 3. The number of hydrogen-bond donors (Lipinski definition) is 2. The van der Waals surface area contributed by atoms with Crippen molar-refractivity contribution in [1.82, 2.24) is 15.1 Å². The van der Waals surface area contributed by atoms with Gasteiger partial charge in [-0.15, -0.1) is 0 Å². The number of likely N-dealkylation sites (tertiary alicyclic amines) is 1. The Morgan fingerprint density at radius 1 is 1.14 bits per heavy atom. The lowest BCUT2D eigenvalue weighted by atomic mass is 9.85. The molecule has 2 aliphatic rings. The van der Waals surface area contributed by atoms with Crippen LogP contribution >= 0.6 is 0 Å². The van der Waals surface area contributed by atoms with Gasteiger partial charge in [0.05, 0.1) is 6.54 Å². The van der Waals surface area contributed by atoms with Crippen LogP contribution in [0.15, 0.2) is 30.3 Å². The van der Waals surface area contributed by atoms with Gasteiger partial charge < -0.3 is 20.2 Å². The summed E-state index contributed by atoms with van der Waals surface area (Å²) in [6.45, 7) is 4.31. The van der Waals surface area contributed by atoms with Crippen LogP contribution in [0.2, 0.25) is 0 Å². The van der Waals surface area contributed by atoms with Gasteiger partial charge in [-0.25, -0.2) is 4.79 Å². The van der Waals surface area contributed by atoms with Crippen molar-refractivity contribution in [3.63, 3.8) is 0 Å². The maximum atomic E-state index is 12.6. The molecule has 3 rings (SSSR count). The number of anilines is 1. The molecule has 1 saturated carbocycles. The molecule has 1 aromatic carbocycles. The molecule has 0 atom stereocenters. The van der Waals surface area contributed by atoms with E-state index in [0.717, 1.165) is 45.3 Å². The molecule has 0 radical (unpaired) electrons. The molecule has 2 fully saturated rings. The van der Waals surface area contributed by atoms with Gasteiger partial charge in [0.15, 0.2) is 0 Å². The van der Waals surface area contributed by atoms with Gasteiger partial charge in [0.1, 0.15) is 0 Å². The van der Waals surface area contributed by atoms with Gasteiger partial charge in [-0.1, -0.05) is 25.1 Å². The summed E-state index contributed by atoms with van der Waals surface area (Å²) < 4.78 is 0. The first-order chi connectivity index (χ1) is 13.5.